The summed E-state index contributed by atoms with van der Waals surface area (Å²) in [5.74, 6) is 1.11. The number of hydrogen-bond acceptors (Lipinski definition) is 4. The highest BCUT2D eigenvalue weighted by molar-refractivity contribution is 5.98. The zero-order valence-corrected chi connectivity index (χ0v) is 14.4. The molecule has 1 saturated heterocycles. The van der Waals surface area contributed by atoms with Gasteiger partial charge in [-0.25, -0.2) is 4.98 Å². The van der Waals surface area contributed by atoms with Crippen LogP contribution in [0, 0.1) is 0 Å². The lowest BCUT2D eigenvalue weighted by molar-refractivity contribution is 0.0963. The van der Waals surface area contributed by atoms with Crippen LogP contribution in [0.1, 0.15) is 48.7 Å². The minimum atomic E-state index is -0.0878. The van der Waals surface area contributed by atoms with Crippen molar-refractivity contribution in [2.24, 2.45) is 0 Å². The summed E-state index contributed by atoms with van der Waals surface area (Å²) in [5, 5.41) is 2.68. The summed E-state index contributed by atoms with van der Waals surface area (Å²) < 4.78 is 0. The second-order valence-corrected chi connectivity index (χ2v) is 6.51. The second-order valence-electron chi connectivity index (χ2n) is 6.51. The Morgan fingerprint density at radius 2 is 2.14 bits per heavy atom. The average Bonchev–Trinajstić information content (AvgIpc) is 2.53. The van der Waals surface area contributed by atoms with Crippen molar-refractivity contribution in [2.75, 3.05) is 39.1 Å². The van der Waals surface area contributed by atoms with Crippen molar-refractivity contribution >= 4 is 11.7 Å². The Hall–Kier alpha value is -1.62. The number of nitrogens with zero attached hydrogens (tertiary/aromatic N) is 3. The number of carbonyl (C=O) groups is 1. The molecule has 5 nitrogen and oxygen atoms in total. The van der Waals surface area contributed by atoms with Crippen molar-refractivity contribution in [3.63, 3.8) is 0 Å². The number of aromatic nitrogens is 1. The quantitative estimate of drug-likeness (QED) is 0.925. The van der Waals surface area contributed by atoms with Gasteiger partial charge in [0.1, 0.15) is 5.82 Å². The van der Waals surface area contributed by atoms with Crippen LogP contribution in [-0.4, -0.2) is 56.1 Å². The third-order valence-electron chi connectivity index (χ3n) is 4.39. The van der Waals surface area contributed by atoms with Crippen molar-refractivity contribution in [1.82, 2.24) is 15.2 Å². The van der Waals surface area contributed by atoms with E-state index in [4.69, 9.17) is 4.98 Å². The van der Waals surface area contributed by atoms with Crippen LogP contribution in [0.3, 0.4) is 0 Å². The molecule has 22 heavy (non-hydrogen) atoms. The van der Waals surface area contributed by atoms with Crippen molar-refractivity contribution < 1.29 is 4.79 Å². The van der Waals surface area contributed by atoms with E-state index in [1.54, 1.807) is 7.05 Å². The van der Waals surface area contributed by atoms with Gasteiger partial charge in [-0.1, -0.05) is 0 Å². The Balaban J connectivity index is 2.28. The Morgan fingerprint density at radius 1 is 1.41 bits per heavy atom. The number of rotatable bonds is 4. The highest BCUT2D eigenvalue weighted by Crippen LogP contribution is 2.29. The molecule has 1 aromatic rings. The first-order chi connectivity index (χ1) is 10.4. The Labute approximate surface area is 133 Å². The number of hydrogen-bond donors (Lipinski definition) is 1. The molecule has 1 atom stereocenters. The lowest BCUT2D eigenvalue weighted by Gasteiger charge is -2.35. The normalized spacial score (nSPS) is 19.3. The molecule has 5 heteroatoms. The summed E-state index contributed by atoms with van der Waals surface area (Å²) in [6.45, 7) is 6.72. The summed E-state index contributed by atoms with van der Waals surface area (Å²) in [6.07, 6.45) is 2.38. The molecule has 1 aliphatic heterocycles. The fraction of sp³-hybridized carbons (Fsp3) is 0.647. The molecule has 122 valence electrons. The number of carbonyl (C=O) groups excluding carboxylic acids is 1. The third kappa shape index (κ3) is 3.58. The van der Waals surface area contributed by atoms with Gasteiger partial charge in [0.15, 0.2) is 0 Å². The number of anilines is 1. The highest BCUT2D eigenvalue weighted by Gasteiger charge is 2.25. The molecule has 1 N–H and O–H groups in total. The number of pyridine rings is 1. The van der Waals surface area contributed by atoms with Gasteiger partial charge in [0.2, 0.25) is 0 Å². The zero-order chi connectivity index (χ0) is 16.3. The molecular formula is C17H28N4O. The first-order valence-electron chi connectivity index (χ1n) is 8.08. The lowest BCUT2D eigenvalue weighted by atomic mass is 9.93. The molecule has 1 fully saturated rings. The summed E-state index contributed by atoms with van der Waals surface area (Å²) in [4.78, 5) is 21.2. The van der Waals surface area contributed by atoms with Crippen LogP contribution in [-0.2, 0) is 0 Å². The van der Waals surface area contributed by atoms with Crippen LogP contribution >= 0.6 is 0 Å². The average molecular weight is 304 g/mol. The van der Waals surface area contributed by atoms with Gasteiger partial charge in [0, 0.05) is 45.3 Å². The Morgan fingerprint density at radius 3 is 2.73 bits per heavy atom. The van der Waals surface area contributed by atoms with E-state index in [-0.39, 0.29) is 5.91 Å². The smallest absolute Gasteiger partial charge is 0.254 e. The van der Waals surface area contributed by atoms with Gasteiger partial charge in [-0.05, 0) is 45.4 Å². The molecule has 1 aromatic heterocycles. The minimum Gasteiger partial charge on any atom is -0.362 e. The number of nitrogens with one attached hydrogen (secondary N) is 1. The molecule has 2 rings (SSSR count). The van der Waals surface area contributed by atoms with Crippen LogP contribution in [0.2, 0.25) is 0 Å². The van der Waals surface area contributed by atoms with Gasteiger partial charge in [0.25, 0.3) is 5.91 Å². The van der Waals surface area contributed by atoms with Crippen LogP contribution in [0.5, 0.6) is 0 Å². The van der Waals surface area contributed by atoms with Crippen molar-refractivity contribution in [3.05, 3.63) is 23.4 Å². The van der Waals surface area contributed by atoms with E-state index in [0.29, 0.717) is 17.5 Å². The number of piperidine rings is 1. The zero-order valence-electron chi connectivity index (χ0n) is 14.4. The first-order valence-corrected chi connectivity index (χ1v) is 8.08. The van der Waals surface area contributed by atoms with E-state index in [2.05, 4.69) is 24.1 Å². The molecule has 0 aliphatic carbocycles. The molecule has 1 aliphatic rings. The standard InChI is InChI=1S/C17H28N4O/c1-12(2)21-10-6-7-13(11-21)15-9-8-14(17(22)18-3)16(19-15)20(4)5/h8-9,12-13H,6-7,10-11H2,1-5H3,(H,18,22)/t13-/m0/s1. The predicted molar refractivity (Wildman–Crippen MR) is 90.6 cm³/mol. The summed E-state index contributed by atoms with van der Waals surface area (Å²) in [6, 6.07) is 4.50. The van der Waals surface area contributed by atoms with E-state index >= 15 is 0 Å². The molecule has 0 spiro atoms. The monoisotopic (exact) mass is 304 g/mol. The Bertz CT molecular complexity index is 527. The van der Waals surface area contributed by atoms with Gasteiger partial charge in [-0.3, -0.25) is 4.79 Å². The topological polar surface area (TPSA) is 48.5 Å². The molecular weight excluding hydrogens is 276 g/mol. The van der Waals surface area contributed by atoms with E-state index in [1.807, 2.05) is 31.1 Å². The maximum atomic E-state index is 12.0. The molecule has 2 heterocycles. The van der Waals surface area contributed by atoms with Gasteiger partial charge in [-0.15, -0.1) is 0 Å². The third-order valence-corrected chi connectivity index (χ3v) is 4.39. The van der Waals surface area contributed by atoms with Crippen LogP contribution in [0.4, 0.5) is 5.82 Å². The maximum Gasteiger partial charge on any atom is 0.254 e. The predicted octanol–water partition coefficient (Wildman–Crippen LogP) is 2.09. The van der Waals surface area contributed by atoms with E-state index < -0.39 is 0 Å². The van der Waals surface area contributed by atoms with Gasteiger partial charge < -0.3 is 15.1 Å². The van der Waals surface area contributed by atoms with E-state index in [9.17, 15) is 4.79 Å². The highest BCUT2D eigenvalue weighted by atomic mass is 16.1. The second kappa shape index (κ2) is 7.09. The van der Waals surface area contributed by atoms with Crippen LogP contribution < -0.4 is 10.2 Å². The van der Waals surface area contributed by atoms with Crippen molar-refractivity contribution in [1.29, 1.82) is 0 Å². The first kappa shape index (κ1) is 16.7. The van der Waals surface area contributed by atoms with Crippen molar-refractivity contribution in [3.8, 4) is 0 Å². The molecule has 0 unspecified atom stereocenters. The van der Waals surface area contributed by atoms with E-state index in [0.717, 1.165) is 18.1 Å². The fourth-order valence-electron chi connectivity index (χ4n) is 3.06. The van der Waals surface area contributed by atoms with Crippen molar-refractivity contribution in [2.45, 2.75) is 38.6 Å². The van der Waals surface area contributed by atoms with E-state index in [1.165, 1.54) is 19.4 Å². The van der Waals surface area contributed by atoms with Gasteiger partial charge in [-0.2, -0.15) is 0 Å². The van der Waals surface area contributed by atoms with Gasteiger partial charge >= 0.3 is 0 Å². The van der Waals surface area contributed by atoms with Crippen LogP contribution in [0.25, 0.3) is 0 Å². The SMILES string of the molecule is CNC(=O)c1ccc([C@H]2CCCN(C(C)C)C2)nc1N(C)C. The fourth-order valence-corrected chi connectivity index (χ4v) is 3.06. The summed E-state index contributed by atoms with van der Waals surface area (Å²) in [5.41, 5.74) is 1.73. The molecule has 0 bridgehead atoms. The Kier molecular flexibility index (Phi) is 5.40. The number of likely N-dealkylation sites (tertiary alicyclic amines) is 1. The minimum absolute atomic E-state index is 0.0878. The molecule has 0 aromatic carbocycles. The summed E-state index contributed by atoms with van der Waals surface area (Å²) in [7, 11) is 5.51. The molecule has 0 radical (unpaired) electrons. The maximum absolute atomic E-state index is 12.0. The van der Waals surface area contributed by atoms with Crippen LogP contribution in [0.15, 0.2) is 12.1 Å². The largest absolute Gasteiger partial charge is 0.362 e. The van der Waals surface area contributed by atoms with Gasteiger partial charge in [0.05, 0.1) is 5.56 Å². The number of amides is 1. The lowest BCUT2D eigenvalue weighted by Crippen LogP contribution is -2.39. The summed E-state index contributed by atoms with van der Waals surface area (Å²) >= 11 is 0. The molecule has 1 amide bonds. The molecule has 0 saturated carbocycles.